The maximum Gasteiger partial charge on any atom is 0.472 e. The second-order valence-corrected chi connectivity index (χ2v) is 5.72. The first-order valence-corrected chi connectivity index (χ1v) is 8.55. The number of hydrogen-bond acceptors (Lipinski definition) is 8. The minimum absolute atomic E-state index is 0.0683. The molecule has 0 radical (unpaired) electrons. The molecular formula is C11H21O8PS. The third-order valence-electron chi connectivity index (χ3n) is 2.07. The van der Waals surface area contributed by atoms with Crippen molar-refractivity contribution in [1.29, 1.82) is 0 Å². The molecule has 0 bridgehead atoms. The highest BCUT2D eigenvalue weighted by atomic mass is 32.1. The van der Waals surface area contributed by atoms with Crippen molar-refractivity contribution in [3.05, 3.63) is 0 Å². The average molecular weight is 344 g/mol. The van der Waals surface area contributed by atoms with Crippen LogP contribution in [0.3, 0.4) is 0 Å². The van der Waals surface area contributed by atoms with Crippen LogP contribution in [0.15, 0.2) is 0 Å². The number of carbonyl (C=O) groups excluding carboxylic acids is 2. The van der Waals surface area contributed by atoms with Crippen LogP contribution >= 0.6 is 20.5 Å². The van der Waals surface area contributed by atoms with E-state index in [1.54, 1.807) is 13.8 Å². The average Bonchev–Trinajstić information content (AvgIpc) is 2.47. The molecule has 1 unspecified atom stereocenters. The highest BCUT2D eigenvalue weighted by Gasteiger charge is 2.25. The summed E-state index contributed by atoms with van der Waals surface area (Å²) < 4.78 is 30.5. The van der Waals surface area contributed by atoms with Crippen molar-refractivity contribution in [2.45, 2.75) is 32.8 Å². The number of phosphoric ester groups is 1. The lowest BCUT2D eigenvalue weighted by Crippen LogP contribution is -2.29. The van der Waals surface area contributed by atoms with Crippen molar-refractivity contribution in [3.8, 4) is 0 Å². The highest BCUT2D eigenvalue weighted by molar-refractivity contribution is 7.80. The van der Waals surface area contributed by atoms with Gasteiger partial charge in [-0.05, 0) is 0 Å². The van der Waals surface area contributed by atoms with Crippen molar-refractivity contribution < 1.29 is 37.6 Å². The topological polar surface area (TPSA) is 108 Å². The van der Waals surface area contributed by atoms with E-state index in [0.29, 0.717) is 0 Å². The molecular weight excluding hydrogens is 323 g/mol. The first-order valence-electron chi connectivity index (χ1n) is 6.42. The largest absolute Gasteiger partial charge is 0.472 e. The van der Waals surface area contributed by atoms with E-state index in [2.05, 4.69) is 17.2 Å². The lowest BCUT2D eigenvalue weighted by molar-refractivity contribution is -0.160. The zero-order chi connectivity index (χ0) is 16.3. The Labute approximate surface area is 129 Å². The maximum absolute atomic E-state index is 11.5. The Morgan fingerprint density at radius 1 is 1.14 bits per heavy atom. The van der Waals surface area contributed by atoms with Crippen molar-refractivity contribution >= 4 is 32.4 Å². The predicted molar refractivity (Wildman–Crippen MR) is 77.0 cm³/mol. The van der Waals surface area contributed by atoms with E-state index in [1.165, 1.54) is 0 Å². The molecule has 0 spiro atoms. The highest BCUT2D eigenvalue weighted by Crippen LogP contribution is 2.43. The van der Waals surface area contributed by atoms with Gasteiger partial charge in [-0.25, -0.2) is 4.57 Å². The molecule has 0 rings (SSSR count). The summed E-state index contributed by atoms with van der Waals surface area (Å²) in [6.07, 6.45) is -0.697. The van der Waals surface area contributed by atoms with Crippen molar-refractivity contribution in [1.82, 2.24) is 0 Å². The van der Waals surface area contributed by atoms with Gasteiger partial charge in [0.15, 0.2) is 6.10 Å². The Morgan fingerprint density at radius 3 is 2.29 bits per heavy atom. The molecule has 2 atom stereocenters. The van der Waals surface area contributed by atoms with Crippen LogP contribution in [0.4, 0.5) is 0 Å². The van der Waals surface area contributed by atoms with Gasteiger partial charge in [-0.2, -0.15) is 12.6 Å². The molecule has 0 aromatic heterocycles. The summed E-state index contributed by atoms with van der Waals surface area (Å²) in [7, 11) is -4.25. The summed E-state index contributed by atoms with van der Waals surface area (Å²) in [5.41, 5.74) is 0. The number of thiol groups is 1. The zero-order valence-corrected chi connectivity index (χ0v) is 13.8. The minimum atomic E-state index is -4.25. The molecule has 0 aromatic carbocycles. The molecule has 0 saturated heterocycles. The van der Waals surface area contributed by atoms with Gasteiger partial charge in [-0.1, -0.05) is 13.8 Å². The van der Waals surface area contributed by atoms with Gasteiger partial charge in [0, 0.05) is 18.6 Å². The van der Waals surface area contributed by atoms with E-state index >= 15 is 0 Å². The van der Waals surface area contributed by atoms with E-state index in [1.807, 2.05) is 0 Å². The van der Waals surface area contributed by atoms with Crippen LogP contribution in [0.1, 0.15) is 26.7 Å². The fourth-order valence-electron chi connectivity index (χ4n) is 1.04. The summed E-state index contributed by atoms with van der Waals surface area (Å²) in [5.74, 6) is -0.776. The molecule has 0 heterocycles. The molecule has 0 aliphatic rings. The number of rotatable bonds is 11. The number of esters is 2. The molecule has 0 aromatic rings. The summed E-state index contributed by atoms with van der Waals surface area (Å²) >= 11 is 3.83. The summed E-state index contributed by atoms with van der Waals surface area (Å²) in [6.45, 7) is 2.44. The number of ether oxygens (including phenoxy) is 2. The predicted octanol–water partition coefficient (Wildman–Crippen LogP) is 1.32. The van der Waals surface area contributed by atoms with Crippen molar-refractivity contribution in [2.24, 2.45) is 0 Å². The van der Waals surface area contributed by atoms with Crippen LogP contribution in [-0.2, 0) is 32.7 Å². The molecule has 0 amide bonds. The lowest BCUT2D eigenvalue weighted by Gasteiger charge is -2.19. The first kappa shape index (κ1) is 20.4. The Morgan fingerprint density at radius 2 is 1.76 bits per heavy atom. The van der Waals surface area contributed by atoms with Gasteiger partial charge in [0.2, 0.25) is 0 Å². The van der Waals surface area contributed by atoms with Crippen LogP contribution in [0.5, 0.6) is 0 Å². The van der Waals surface area contributed by atoms with Gasteiger partial charge in [0.1, 0.15) is 6.61 Å². The Bertz CT molecular complexity index is 375. The molecule has 0 aliphatic heterocycles. The minimum Gasteiger partial charge on any atom is -0.462 e. The quantitative estimate of drug-likeness (QED) is 0.328. The van der Waals surface area contributed by atoms with E-state index in [-0.39, 0.29) is 31.8 Å². The standard InChI is InChI=1S/C11H21O8PS/c1-3-10(12)16-7-9(19-11(13)4-2)8-18-20(14,15)17-5-6-21/h9,21H,3-8H2,1-2H3,(H,14,15)/t9-/m1/s1. The normalized spacial score (nSPS) is 15.0. The second-order valence-electron chi connectivity index (χ2n) is 3.82. The van der Waals surface area contributed by atoms with Crippen molar-refractivity contribution in [2.75, 3.05) is 25.6 Å². The number of carbonyl (C=O) groups is 2. The molecule has 124 valence electrons. The molecule has 21 heavy (non-hydrogen) atoms. The molecule has 0 saturated carbocycles. The molecule has 10 heteroatoms. The van der Waals surface area contributed by atoms with Gasteiger partial charge in [0.05, 0.1) is 13.2 Å². The van der Waals surface area contributed by atoms with Gasteiger partial charge >= 0.3 is 19.8 Å². The molecule has 1 N–H and O–H groups in total. The van der Waals surface area contributed by atoms with E-state index < -0.39 is 32.5 Å². The molecule has 8 nitrogen and oxygen atoms in total. The molecule has 0 fully saturated rings. The maximum atomic E-state index is 11.5. The molecule has 0 aliphatic carbocycles. The van der Waals surface area contributed by atoms with Gasteiger partial charge in [-0.3, -0.25) is 18.6 Å². The van der Waals surface area contributed by atoms with Crippen LogP contribution in [0, 0.1) is 0 Å². The van der Waals surface area contributed by atoms with Gasteiger partial charge in [0.25, 0.3) is 0 Å². The van der Waals surface area contributed by atoms with Gasteiger partial charge < -0.3 is 14.4 Å². The monoisotopic (exact) mass is 344 g/mol. The fourth-order valence-corrected chi connectivity index (χ4v) is 2.03. The van der Waals surface area contributed by atoms with Crippen LogP contribution in [0.2, 0.25) is 0 Å². The van der Waals surface area contributed by atoms with Crippen LogP contribution in [-0.4, -0.2) is 48.5 Å². The summed E-state index contributed by atoms with van der Waals surface area (Å²) in [6, 6.07) is 0. The van der Waals surface area contributed by atoms with Crippen LogP contribution < -0.4 is 0 Å². The van der Waals surface area contributed by atoms with E-state index in [4.69, 9.17) is 14.0 Å². The second kappa shape index (κ2) is 11.0. The van der Waals surface area contributed by atoms with Crippen LogP contribution in [0.25, 0.3) is 0 Å². The van der Waals surface area contributed by atoms with E-state index in [9.17, 15) is 19.0 Å². The third kappa shape index (κ3) is 10.7. The number of hydrogen-bond donors (Lipinski definition) is 2. The SMILES string of the molecule is CCC(=O)OC[C@H](COP(=O)(O)OCCS)OC(=O)CC. The van der Waals surface area contributed by atoms with E-state index in [0.717, 1.165) is 0 Å². The number of phosphoric acid groups is 1. The lowest BCUT2D eigenvalue weighted by atomic mass is 10.4. The third-order valence-corrected chi connectivity index (χ3v) is 3.24. The summed E-state index contributed by atoms with van der Waals surface area (Å²) in [5, 5.41) is 0. The smallest absolute Gasteiger partial charge is 0.462 e. The van der Waals surface area contributed by atoms with Gasteiger partial charge in [-0.15, -0.1) is 0 Å². The Balaban J connectivity index is 4.41. The first-order chi connectivity index (χ1) is 9.84. The van der Waals surface area contributed by atoms with Crippen molar-refractivity contribution in [3.63, 3.8) is 0 Å². The Hall–Kier alpha value is -0.600. The Kier molecular flexibility index (Phi) is 10.7. The fraction of sp³-hybridized carbons (Fsp3) is 0.818. The zero-order valence-electron chi connectivity index (χ0n) is 12.0. The summed E-state index contributed by atoms with van der Waals surface area (Å²) in [4.78, 5) is 31.7.